The van der Waals surface area contributed by atoms with Crippen molar-refractivity contribution in [3.8, 4) is 17.5 Å². The molecule has 0 aliphatic heterocycles. The smallest absolute Gasteiger partial charge is 0.238 e. The van der Waals surface area contributed by atoms with Crippen LogP contribution in [0.1, 0.15) is 13.8 Å². The molecule has 2 aromatic carbocycles. The third-order valence-corrected chi connectivity index (χ3v) is 5.86. The average molecular weight is 474 g/mol. The van der Waals surface area contributed by atoms with Gasteiger partial charge in [-0.3, -0.25) is 9.69 Å². The monoisotopic (exact) mass is 473 g/mol. The number of rotatable bonds is 8. The quantitative estimate of drug-likeness (QED) is 0.316. The van der Waals surface area contributed by atoms with Gasteiger partial charge in [-0.05, 0) is 36.2 Å². The van der Waals surface area contributed by atoms with Crippen molar-refractivity contribution in [2.75, 3.05) is 17.2 Å². The maximum Gasteiger partial charge on any atom is 0.238 e. The molecule has 0 saturated carbocycles. The zero-order valence-electron chi connectivity index (χ0n) is 17.1. The van der Waals surface area contributed by atoms with E-state index in [1.54, 1.807) is 12.1 Å². The van der Waals surface area contributed by atoms with Crippen molar-refractivity contribution in [2.45, 2.75) is 25.5 Å². The molecular formula is C22H21Cl2N5OS. The van der Waals surface area contributed by atoms with Crippen LogP contribution < -0.4 is 4.90 Å². The minimum absolute atomic E-state index is 0.0201. The number of amides is 1. The molecule has 0 spiro atoms. The molecule has 0 aliphatic carbocycles. The van der Waals surface area contributed by atoms with Gasteiger partial charge in [0.25, 0.3) is 0 Å². The van der Waals surface area contributed by atoms with Gasteiger partial charge in [0.15, 0.2) is 11.0 Å². The molecule has 0 saturated heterocycles. The summed E-state index contributed by atoms with van der Waals surface area (Å²) in [4.78, 5) is 14.3. The van der Waals surface area contributed by atoms with Crippen LogP contribution >= 0.6 is 35.0 Å². The molecule has 0 radical (unpaired) electrons. The fourth-order valence-corrected chi connectivity index (χ4v) is 4.32. The molecule has 0 fully saturated rings. The van der Waals surface area contributed by atoms with Gasteiger partial charge in [-0.25, -0.2) is 0 Å². The number of anilines is 1. The van der Waals surface area contributed by atoms with Crippen molar-refractivity contribution in [3.63, 3.8) is 0 Å². The number of halogens is 2. The van der Waals surface area contributed by atoms with E-state index in [1.165, 1.54) is 16.7 Å². The number of thioether (sulfide) groups is 1. The van der Waals surface area contributed by atoms with Crippen molar-refractivity contribution in [2.24, 2.45) is 5.92 Å². The Morgan fingerprint density at radius 3 is 2.58 bits per heavy atom. The van der Waals surface area contributed by atoms with E-state index in [-0.39, 0.29) is 18.2 Å². The van der Waals surface area contributed by atoms with Crippen LogP contribution in [-0.4, -0.2) is 33.0 Å². The van der Waals surface area contributed by atoms with Crippen molar-refractivity contribution in [1.29, 1.82) is 5.26 Å². The highest BCUT2D eigenvalue weighted by molar-refractivity contribution is 7.99. The largest absolute Gasteiger partial charge is 0.302 e. The molecule has 3 rings (SSSR count). The van der Waals surface area contributed by atoms with Crippen molar-refractivity contribution in [1.82, 2.24) is 14.8 Å². The lowest BCUT2D eigenvalue weighted by molar-refractivity contribution is -0.116. The molecule has 0 unspecified atom stereocenters. The molecule has 0 bridgehead atoms. The summed E-state index contributed by atoms with van der Waals surface area (Å²) in [5, 5.41) is 19.4. The van der Waals surface area contributed by atoms with Crippen LogP contribution in [0.25, 0.3) is 11.4 Å². The zero-order chi connectivity index (χ0) is 22.4. The molecule has 0 aliphatic rings. The number of nitrogens with zero attached hydrogens (tertiary/aromatic N) is 5. The molecule has 9 heteroatoms. The SMILES string of the molecule is CC(C)Cn1c(SCC(=O)N(CC#N)c2ccccc2)nnc1-c1ccc(Cl)cc1Cl. The standard InChI is InChI=1S/C22H21Cl2N5OS/c1-15(2)13-29-21(18-9-8-16(23)12-19(18)24)26-27-22(29)31-14-20(30)28(11-10-25)17-6-4-3-5-7-17/h3-9,12,15H,11,13-14H2,1-2H3. The lowest BCUT2D eigenvalue weighted by Crippen LogP contribution is -2.32. The molecule has 31 heavy (non-hydrogen) atoms. The molecule has 1 aromatic heterocycles. The summed E-state index contributed by atoms with van der Waals surface area (Å²) in [6.07, 6.45) is 0. The van der Waals surface area contributed by atoms with E-state index >= 15 is 0 Å². The third kappa shape index (κ3) is 5.79. The normalized spacial score (nSPS) is 10.8. The van der Waals surface area contributed by atoms with Gasteiger partial charge in [-0.2, -0.15) is 5.26 Å². The second-order valence-corrected chi connectivity index (χ2v) is 8.98. The Balaban J connectivity index is 1.85. The number of hydrogen-bond donors (Lipinski definition) is 0. The van der Waals surface area contributed by atoms with E-state index in [9.17, 15) is 4.79 Å². The molecule has 0 atom stereocenters. The predicted octanol–water partition coefficient (Wildman–Crippen LogP) is 5.56. The number of hydrogen-bond acceptors (Lipinski definition) is 5. The molecular weight excluding hydrogens is 453 g/mol. The molecule has 1 heterocycles. The minimum atomic E-state index is -0.178. The van der Waals surface area contributed by atoms with E-state index in [0.29, 0.717) is 39.2 Å². The highest BCUT2D eigenvalue weighted by Gasteiger charge is 2.21. The predicted molar refractivity (Wildman–Crippen MR) is 125 cm³/mol. The van der Waals surface area contributed by atoms with Crippen molar-refractivity contribution < 1.29 is 4.79 Å². The van der Waals surface area contributed by atoms with Gasteiger partial charge in [-0.15, -0.1) is 10.2 Å². The number of carbonyl (C=O) groups is 1. The van der Waals surface area contributed by atoms with Gasteiger partial charge in [0.2, 0.25) is 5.91 Å². The number of benzene rings is 2. The lowest BCUT2D eigenvalue weighted by atomic mass is 10.2. The third-order valence-electron chi connectivity index (χ3n) is 4.36. The second kappa shape index (κ2) is 10.7. The Labute approximate surface area is 195 Å². The van der Waals surface area contributed by atoms with E-state index < -0.39 is 0 Å². The molecule has 160 valence electrons. The van der Waals surface area contributed by atoms with Gasteiger partial charge in [0.05, 0.1) is 16.8 Å². The van der Waals surface area contributed by atoms with Gasteiger partial charge in [0, 0.05) is 22.8 Å². The number of nitriles is 1. The molecule has 6 nitrogen and oxygen atoms in total. The molecule has 0 N–H and O–H groups in total. The van der Waals surface area contributed by atoms with Crippen LogP contribution in [0.15, 0.2) is 53.7 Å². The Morgan fingerprint density at radius 1 is 1.19 bits per heavy atom. The number of aromatic nitrogens is 3. The second-order valence-electron chi connectivity index (χ2n) is 7.20. The Hall–Kier alpha value is -2.53. The van der Waals surface area contributed by atoms with E-state index in [0.717, 1.165) is 5.56 Å². The molecule has 1 amide bonds. The lowest BCUT2D eigenvalue weighted by Gasteiger charge is -2.19. The van der Waals surface area contributed by atoms with Gasteiger partial charge in [0.1, 0.15) is 6.54 Å². The van der Waals surface area contributed by atoms with Gasteiger partial charge < -0.3 is 4.57 Å². The minimum Gasteiger partial charge on any atom is -0.302 e. The van der Waals surface area contributed by atoms with Crippen molar-refractivity contribution >= 4 is 46.6 Å². The van der Waals surface area contributed by atoms with E-state index in [4.69, 9.17) is 28.5 Å². The topological polar surface area (TPSA) is 74.8 Å². The first-order valence-corrected chi connectivity index (χ1v) is 11.4. The fraction of sp³-hybridized carbons (Fsp3) is 0.273. The average Bonchev–Trinajstić information content (AvgIpc) is 3.12. The molecule has 3 aromatic rings. The summed E-state index contributed by atoms with van der Waals surface area (Å²) in [5.41, 5.74) is 1.42. The van der Waals surface area contributed by atoms with Crippen LogP contribution in [0.5, 0.6) is 0 Å². The first kappa shape index (κ1) is 23.1. The summed E-state index contributed by atoms with van der Waals surface area (Å²) < 4.78 is 1.97. The van der Waals surface area contributed by atoms with Gasteiger partial charge in [-0.1, -0.05) is 67.0 Å². The van der Waals surface area contributed by atoms with Crippen LogP contribution in [-0.2, 0) is 11.3 Å². The van der Waals surface area contributed by atoms with Crippen LogP contribution in [0.3, 0.4) is 0 Å². The maximum absolute atomic E-state index is 12.9. The summed E-state index contributed by atoms with van der Waals surface area (Å²) in [5.74, 6) is 0.904. The zero-order valence-corrected chi connectivity index (χ0v) is 19.5. The van der Waals surface area contributed by atoms with Crippen LogP contribution in [0, 0.1) is 17.2 Å². The Kier molecular flexibility index (Phi) is 7.97. The Morgan fingerprint density at radius 2 is 1.94 bits per heavy atom. The summed E-state index contributed by atoms with van der Waals surface area (Å²) in [6.45, 7) is 4.83. The number of para-hydroxylation sites is 1. The summed E-state index contributed by atoms with van der Waals surface area (Å²) in [7, 11) is 0. The highest BCUT2D eigenvalue weighted by Crippen LogP contribution is 2.32. The summed E-state index contributed by atoms with van der Waals surface area (Å²) >= 11 is 13.7. The first-order chi connectivity index (χ1) is 14.9. The van der Waals surface area contributed by atoms with E-state index in [1.807, 2.05) is 41.0 Å². The van der Waals surface area contributed by atoms with E-state index in [2.05, 4.69) is 30.1 Å². The number of carbonyl (C=O) groups excluding carboxylic acids is 1. The summed E-state index contributed by atoms with van der Waals surface area (Å²) in [6, 6.07) is 16.4. The van der Waals surface area contributed by atoms with Crippen LogP contribution in [0.2, 0.25) is 10.0 Å². The van der Waals surface area contributed by atoms with Gasteiger partial charge >= 0.3 is 0 Å². The van der Waals surface area contributed by atoms with Crippen molar-refractivity contribution in [3.05, 3.63) is 58.6 Å². The van der Waals surface area contributed by atoms with Crippen LogP contribution in [0.4, 0.5) is 5.69 Å². The first-order valence-electron chi connectivity index (χ1n) is 9.64. The maximum atomic E-state index is 12.9. The fourth-order valence-electron chi connectivity index (χ4n) is 3.00. The Bertz CT molecular complexity index is 1100. The highest BCUT2D eigenvalue weighted by atomic mass is 35.5.